The van der Waals surface area contributed by atoms with Crippen molar-refractivity contribution in [1.82, 2.24) is 19.8 Å². The Bertz CT molecular complexity index is 1220. The van der Waals surface area contributed by atoms with Crippen molar-refractivity contribution in [3.8, 4) is 0 Å². The maximum Gasteiger partial charge on any atom is 0.325 e. The maximum atomic E-state index is 13.3. The molecule has 0 bridgehead atoms. The number of benzene rings is 2. The van der Waals surface area contributed by atoms with E-state index in [1.165, 1.54) is 0 Å². The summed E-state index contributed by atoms with van der Waals surface area (Å²) in [6.07, 6.45) is 2.19. The van der Waals surface area contributed by atoms with E-state index < -0.39 is 17.5 Å². The van der Waals surface area contributed by atoms with Gasteiger partial charge in [-0.15, -0.1) is 0 Å². The Labute approximate surface area is 179 Å². The van der Waals surface area contributed by atoms with E-state index in [1.54, 1.807) is 0 Å². The van der Waals surface area contributed by atoms with E-state index >= 15 is 0 Å². The Hall–Kier alpha value is -3.68. The minimum atomic E-state index is -1.08. The van der Waals surface area contributed by atoms with Crippen LogP contribution in [-0.4, -0.2) is 38.8 Å². The molecular weight excluding hydrogens is 394 g/mol. The fraction of sp³-hybridized carbons (Fsp3) is 0.304. The molecule has 2 N–H and O–H groups in total. The number of aryl methyl sites for hydroxylation is 2. The molecule has 1 aliphatic heterocycles. The number of urea groups is 1. The number of hydrogen-bond donors (Lipinski definition) is 2. The summed E-state index contributed by atoms with van der Waals surface area (Å²) in [4.78, 5) is 44.3. The lowest BCUT2D eigenvalue weighted by Crippen LogP contribution is -2.47. The smallest absolute Gasteiger partial charge is 0.319 e. The number of carbonyl (C=O) groups excluding carboxylic acids is 3. The monoisotopic (exact) mass is 417 g/mol. The van der Waals surface area contributed by atoms with Crippen LogP contribution in [0.5, 0.6) is 0 Å². The molecule has 8 nitrogen and oxygen atoms in total. The lowest BCUT2D eigenvalue weighted by atomic mass is 9.76. The summed E-state index contributed by atoms with van der Waals surface area (Å²) in [7, 11) is 0. The molecule has 1 spiro atoms. The first-order chi connectivity index (χ1) is 15.0. The van der Waals surface area contributed by atoms with E-state index in [-0.39, 0.29) is 12.5 Å². The minimum absolute atomic E-state index is 0.360. The molecule has 8 heteroatoms. The fourth-order valence-corrected chi connectivity index (χ4v) is 4.75. The van der Waals surface area contributed by atoms with E-state index in [2.05, 4.69) is 15.6 Å². The Morgan fingerprint density at radius 1 is 1.16 bits per heavy atom. The van der Waals surface area contributed by atoms with Gasteiger partial charge in [-0.2, -0.15) is 0 Å². The number of imide groups is 1. The number of para-hydroxylation sites is 2. The number of carbonyl (C=O) groups is 3. The van der Waals surface area contributed by atoms with E-state index in [9.17, 15) is 14.4 Å². The van der Waals surface area contributed by atoms with Gasteiger partial charge >= 0.3 is 6.03 Å². The van der Waals surface area contributed by atoms with E-state index in [0.717, 1.165) is 39.9 Å². The minimum Gasteiger partial charge on any atom is -0.319 e. The summed E-state index contributed by atoms with van der Waals surface area (Å²) in [5.74, 6) is -0.433. The number of fused-ring (bicyclic) bond motifs is 3. The van der Waals surface area contributed by atoms with Crippen molar-refractivity contribution in [1.29, 1.82) is 0 Å². The Kier molecular flexibility index (Phi) is 4.50. The zero-order valence-corrected chi connectivity index (χ0v) is 17.2. The highest BCUT2D eigenvalue weighted by Crippen LogP contribution is 2.39. The third-order valence-corrected chi connectivity index (χ3v) is 6.17. The van der Waals surface area contributed by atoms with Crippen LogP contribution in [0.4, 0.5) is 10.7 Å². The van der Waals surface area contributed by atoms with Gasteiger partial charge < -0.3 is 9.88 Å². The number of imidazole rings is 1. The normalized spacial score (nSPS) is 20.2. The molecule has 1 aliphatic carbocycles. The summed E-state index contributed by atoms with van der Waals surface area (Å²) in [5, 5.41) is 5.64. The van der Waals surface area contributed by atoms with Crippen molar-refractivity contribution in [3.63, 3.8) is 0 Å². The average Bonchev–Trinajstić information content (AvgIpc) is 3.24. The summed E-state index contributed by atoms with van der Waals surface area (Å²) in [5.41, 5.74) is 2.49. The number of nitrogens with one attached hydrogen (secondary N) is 2. The first-order valence-electron chi connectivity index (χ1n) is 10.5. The quantitative estimate of drug-likeness (QED) is 0.638. The standard InChI is InChI=1S/C23H23N5O3/c1-2-27-18-12-6-5-11-17(18)24-21(27)25-19(29)14-28-20(30)23(26-22(28)31)13-7-9-15-8-3-4-10-16(15)23/h3-6,8,10-12H,2,7,9,13-14H2,1H3,(H,26,31)(H,24,25,29)/t23-/m1/s1. The number of nitrogens with zero attached hydrogens (tertiary/aromatic N) is 3. The molecule has 3 aromatic rings. The van der Waals surface area contributed by atoms with Gasteiger partial charge in [0.25, 0.3) is 5.91 Å². The van der Waals surface area contributed by atoms with E-state index in [1.807, 2.05) is 60.0 Å². The molecule has 0 radical (unpaired) electrons. The third-order valence-electron chi connectivity index (χ3n) is 6.17. The predicted molar refractivity (Wildman–Crippen MR) is 115 cm³/mol. The number of aromatic nitrogens is 2. The second-order valence-electron chi connectivity index (χ2n) is 7.95. The summed E-state index contributed by atoms with van der Waals surface area (Å²) in [6, 6.07) is 14.7. The van der Waals surface area contributed by atoms with Crippen LogP contribution in [0.2, 0.25) is 0 Å². The second kappa shape index (κ2) is 7.23. The van der Waals surface area contributed by atoms with Gasteiger partial charge in [-0.25, -0.2) is 9.78 Å². The van der Waals surface area contributed by atoms with Crippen molar-refractivity contribution < 1.29 is 14.4 Å². The predicted octanol–water partition coefficient (Wildman–Crippen LogP) is 2.78. The van der Waals surface area contributed by atoms with Gasteiger partial charge in [-0.3, -0.25) is 19.8 Å². The second-order valence-corrected chi connectivity index (χ2v) is 7.95. The zero-order valence-electron chi connectivity index (χ0n) is 17.2. The summed E-state index contributed by atoms with van der Waals surface area (Å²) >= 11 is 0. The topological polar surface area (TPSA) is 96.3 Å². The van der Waals surface area contributed by atoms with Gasteiger partial charge in [0.2, 0.25) is 11.9 Å². The van der Waals surface area contributed by atoms with Crippen LogP contribution < -0.4 is 10.6 Å². The van der Waals surface area contributed by atoms with E-state index in [4.69, 9.17) is 0 Å². The molecule has 1 aromatic heterocycles. The highest BCUT2D eigenvalue weighted by Gasteiger charge is 2.54. The van der Waals surface area contributed by atoms with Crippen molar-refractivity contribution in [3.05, 3.63) is 59.7 Å². The summed E-state index contributed by atoms with van der Waals surface area (Å²) in [6.45, 7) is 2.23. The average molecular weight is 417 g/mol. The molecule has 0 unspecified atom stereocenters. The fourth-order valence-electron chi connectivity index (χ4n) is 4.75. The van der Waals surface area contributed by atoms with Gasteiger partial charge in [0.1, 0.15) is 12.1 Å². The largest absolute Gasteiger partial charge is 0.325 e. The molecular formula is C23H23N5O3. The van der Waals surface area contributed by atoms with Crippen LogP contribution >= 0.6 is 0 Å². The van der Waals surface area contributed by atoms with Crippen LogP contribution in [0.15, 0.2) is 48.5 Å². The molecule has 2 aliphatic rings. The highest BCUT2D eigenvalue weighted by atomic mass is 16.2. The van der Waals surface area contributed by atoms with Crippen LogP contribution in [0, 0.1) is 0 Å². The lowest BCUT2D eigenvalue weighted by Gasteiger charge is -2.33. The van der Waals surface area contributed by atoms with Crippen LogP contribution in [-0.2, 0) is 28.1 Å². The SMILES string of the molecule is CCn1c(NC(=O)CN2C(=O)N[C@@]3(CCCc4ccccc43)C2=O)nc2ccccc21. The lowest BCUT2D eigenvalue weighted by molar-refractivity contribution is -0.134. The van der Waals surface area contributed by atoms with Crippen molar-refractivity contribution in [2.75, 3.05) is 11.9 Å². The van der Waals surface area contributed by atoms with Crippen molar-refractivity contribution in [2.45, 2.75) is 38.3 Å². The van der Waals surface area contributed by atoms with Crippen molar-refractivity contribution >= 4 is 34.8 Å². The van der Waals surface area contributed by atoms with Gasteiger partial charge in [-0.1, -0.05) is 36.4 Å². The number of hydrogen-bond acceptors (Lipinski definition) is 4. The maximum absolute atomic E-state index is 13.3. The Morgan fingerprint density at radius 2 is 1.94 bits per heavy atom. The number of amides is 4. The molecule has 5 rings (SSSR count). The molecule has 31 heavy (non-hydrogen) atoms. The molecule has 2 aromatic carbocycles. The molecule has 1 saturated heterocycles. The Morgan fingerprint density at radius 3 is 2.77 bits per heavy atom. The van der Waals surface area contributed by atoms with Gasteiger partial charge in [0.15, 0.2) is 0 Å². The molecule has 1 fully saturated rings. The number of anilines is 1. The van der Waals surface area contributed by atoms with Gasteiger partial charge in [0, 0.05) is 6.54 Å². The van der Waals surface area contributed by atoms with Crippen LogP contribution in [0.25, 0.3) is 11.0 Å². The molecule has 158 valence electrons. The van der Waals surface area contributed by atoms with E-state index in [0.29, 0.717) is 18.9 Å². The highest BCUT2D eigenvalue weighted by molar-refractivity contribution is 6.10. The zero-order chi connectivity index (χ0) is 21.6. The van der Waals surface area contributed by atoms with Gasteiger partial charge in [-0.05, 0) is 49.4 Å². The van der Waals surface area contributed by atoms with Crippen LogP contribution in [0.3, 0.4) is 0 Å². The van der Waals surface area contributed by atoms with Gasteiger partial charge in [0.05, 0.1) is 11.0 Å². The Balaban J connectivity index is 1.39. The number of rotatable bonds is 4. The first kappa shape index (κ1) is 19.3. The molecule has 4 amide bonds. The molecule has 1 atom stereocenters. The van der Waals surface area contributed by atoms with Crippen LogP contribution in [0.1, 0.15) is 30.9 Å². The summed E-state index contributed by atoms with van der Waals surface area (Å²) < 4.78 is 1.89. The molecule has 2 heterocycles. The third kappa shape index (κ3) is 2.98. The molecule has 0 saturated carbocycles. The van der Waals surface area contributed by atoms with Crippen molar-refractivity contribution in [2.24, 2.45) is 0 Å². The first-order valence-corrected chi connectivity index (χ1v) is 10.5.